The van der Waals surface area contributed by atoms with Gasteiger partial charge >= 0.3 is 0 Å². The number of nitrogens with one attached hydrogen (secondary N) is 2. The molecule has 4 aromatic rings. The molecule has 0 aliphatic heterocycles. The Balaban J connectivity index is 1.49. The number of rotatable bonds is 9. The number of benzene rings is 4. The fourth-order valence-electron chi connectivity index (χ4n) is 3.88. The summed E-state index contributed by atoms with van der Waals surface area (Å²) in [5, 5.41) is 7.11. The van der Waals surface area contributed by atoms with E-state index >= 15 is 0 Å². The van der Waals surface area contributed by atoms with Crippen molar-refractivity contribution in [3.8, 4) is 0 Å². The summed E-state index contributed by atoms with van der Waals surface area (Å²) in [6.45, 7) is 0.0512. The van der Waals surface area contributed by atoms with Crippen LogP contribution in [0.5, 0.6) is 0 Å². The van der Waals surface area contributed by atoms with E-state index in [4.69, 9.17) is 0 Å². The molecule has 36 heavy (non-hydrogen) atoms. The smallest absolute Gasteiger partial charge is 0.287 e. The van der Waals surface area contributed by atoms with Crippen LogP contribution in [0.1, 0.15) is 0 Å². The Morgan fingerprint density at radius 1 is 0.444 bits per heavy atom. The van der Waals surface area contributed by atoms with E-state index in [1.165, 1.54) is 0 Å². The standard InChI is InChI=1S/C28H26N2O4P2/c31-27(35(33,23-13-5-1-6-14-23)24-15-7-2-8-16-24)29-21-22-30-28(32)36(34,25-17-9-3-10-18-25)26-19-11-4-12-20-26/h1-20H,21-22H2,(H,29,31)(H,30,32). The topological polar surface area (TPSA) is 92.3 Å². The van der Waals surface area contributed by atoms with Crippen molar-refractivity contribution >= 4 is 46.8 Å². The van der Waals surface area contributed by atoms with Gasteiger partial charge in [-0.1, -0.05) is 121 Å². The van der Waals surface area contributed by atoms with Gasteiger partial charge in [0.15, 0.2) is 0 Å². The maximum absolute atomic E-state index is 14.0. The van der Waals surface area contributed by atoms with Crippen LogP contribution in [-0.2, 0) is 9.13 Å². The molecule has 182 valence electrons. The summed E-state index contributed by atoms with van der Waals surface area (Å²) in [6, 6.07) is 34.5. The number of amides is 2. The van der Waals surface area contributed by atoms with Gasteiger partial charge in [-0.2, -0.15) is 0 Å². The van der Waals surface area contributed by atoms with Gasteiger partial charge in [0.05, 0.1) is 0 Å². The number of carbonyl (C=O) groups is 2. The lowest BCUT2D eigenvalue weighted by molar-refractivity contribution is 0.255. The first-order valence-electron chi connectivity index (χ1n) is 11.5. The molecule has 0 aromatic heterocycles. The van der Waals surface area contributed by atoms with E-state index in [9.17, 15) is 18.7 Å². The van der Waals surface area contributed by atoms with E-state index in [0.29, 0.717) is 21.2 Å². The fourth-order valence-corrected chi connectivity index (χ4v) is 8.45. The minimum Gasteiger partial charge on any atom is -0.347 e. The lowest BCUT2D eigenvalue weighted by Crippen LogP contribution is -2.38. The van der Waals surface area contributed by atoms with Gasteiger partial charge in [-0.25, -0.2) is 0 Å². The largest absolute Gasteiger partial charge is 0.347 e. The predicted octanol–water partition coefficient (Wildman–Crippen LogP) is 4.43. The first kappa shape index (κ1) is 25.4. The summed E-state index contributed by atoms with van der Waals surface area (Å²) < 4.78 is 28.1. The van der Waals surface area contributed by atoms with Gasteiger partial charge < -0.3 is 19.8 Å². The van der Waals surface area contributed by atoms with Crippen LogP contribution in [0.25, 0.3) is 0 Å². The molecule has 0 atom stereocenters. The van der Waals surface area contributed by atoms with Gasteiger partial charge in [0, 0.05) is 34.3 Å². The van der Waals surface area contributed by atoms with E-state index in [2.05, 4.69) is 10.6 Å². The molecule has 0 heterocycles. The minimum absolute atomic E-state index is 0.0256. The molecule has 6 nitrogen and oxygen atoms in total. The molecule has 4 aromatic carbocycles. The Kier molecular flexibility index (Phi) is 8.00. The summed E-state index contributed by atoms with van der Waals surface area (Å²) in [6.07, 6.45) is 0. The van der Waals surface area contributed by atoms with Crippen LogP contribution in [0.3, 0.4) is 0 Å². The van der Waals surface area contributed by atoms with Crippen LogP contribution < -0.4 is 31.9 Å². The Morgan fingerprint density at radius 2 is 0.667 bits per heavy atom. The van der Waals surface area contributed by atoms with Gasteiger partial charge in [-0.05, 0) is 0 Å². The maximum Gasteiger partial charge on any atom is 0.287 e. The van der Waals surface area contributed by atoms with Crippen LogP contribution in [-0.4, -0.2) is 24.4 Å². The van der Waals surface area contributed by atoms with Crippen molar-refractivity contribution < 1.29 is 18.7 Å². The fraction of sp³-hybridized carbons (Fsp3) is 0.0714. The third-order valence-corrected chi connectivity index (χ3v) is 11.3. The highest BCUT2D eigenvalue weighted by molar-refractivity contribution is 7.93. The molecular weight excluding hydrogens is 490 g/mol. The van der Waals surface area contributed by atoms with Crippen molar-refractivity contribution in [2.45, 2.75) is 0 Å². The van der Waals surface area contributed by atoms with Crippen LogP contribution >= 0.6 is 14.3 Å². The third kappa shape index (κ3) is 5.11. The Hall–Kier alpha value is -3.72. The van der Waals surface area contributed by atoms with Crippen molar-refractivity contribution in [1.29, 1.82) is 0 Å². The molecule has 8 heteroatoms. The average molecular weight is 516 g/mol. The van der Waals surface area contributed by atoms with E-state index < -0.39 is 25.6 Å². The zero-order chi connectivity index (χ0) is 25.4. The van der Waals surface area contributed by atoms with Crippen LogP contribution in [0, 0.1) is 0 Å². The van der Waals surface area contributed by atoms with E-state index in [-0.39, 0.29) is 13.1 Å². The van der Waals surface area contributed by atoms with Crippen LogP contribution in [0.4, 0.5) is 9.59 Å². The normalized spacial score (nSPS) is 11.4. The van der Waals surface area contributed by atoms with Gasteiger partial charge in [0.2, 0.25) is 14.3 Å². The monoisotopic (exact) mass is 516 g/mol. The van der Waals surface area contributed by atoms with Gasteiger partial charge in [0.1, 0.15) is 0 Å². The maximum atomic E-state index is 14.0. The highest BCUT2D eigenvalue weighted by Gasteiger charge is 2.37. The highest BCUT2D eigenvalue weighted by atomic mass is 31.2. The van der Waals surface area contributed by atoms with Crippen molar-refractivity contribution in [3.63, 3.8) is 0 Å². The number of hydrogen-bond acceptors (Lipinski definition) is 4. The van der Waals surface area contributed by atoms with E-state index in [1.807, 2.05) is 0 Å². The first-order chi connectivity index (χ1) is 17.5. The van der Waals surface area contributed by atoms with Crippen LogP contribution in [0.2, 0.25) is 0 Å². The molecule has 0 unspecified atom stereocenters. The van der Waals surface area contributed by atoms with E-state index in [1.54, 1.807) is 121 Å². The molecule has 0 fully saturated rings. The SMILES string of the molecule is O=C(NCCNC(=O)P(=O)(c1ccccc1)c1ccccc1)P(=O)(c1ccccc1)c1ccccc1. The first-order valence-corrected chi connectivity index (χ1v) is 14.9. The molecule has 2 amide bonds. The van der Waals surface area contributed by atoms with Gasteiger partial charge in [-0.3, -0.25) is 9.59 Å². The summed E-state index contributed by atoms with van der Waals surface area (Å²) in [4.78, 5) is 26.4. The van der Waals surface area contributed by atoms with E-state index in [0.717, 1.165) is 0 Å². The van der Waals surface area contributed by atoms with Crippen LogP contribution in [0.15, 0.2) is 121 Å². The predicted molar refractivity (Wildman–Crippen MR) is 146 cm³/mol. The van der Waals surface area contributed by atoms with Gasteiger partial charge in [-0.15, -0.1) is 0 Å². The van der Waals surface area contributed by atoms with Crippen molar-refractivity contribution in [2.75, 3.05) is 13.1 Å². The zero-order valence-corrected chi connectivity index (χ0v) is 21.3. The summed E-state index contributed by atoms with van der Waals surface area (Å²) in [5.74, 6) is 0. The molecule has 0 saturated heterocycles. The molecule has 0 saturated carbocycles. The molecule has 4 rings (SSSR count). The summed E-state index contributed by atoms with van der Waals surface area (Å²) >= 11 is 0. The molecular formula is C28H26N2O4P2. The average Bonchev–Trinajstić information content (AvgIpc) is 2.96. The summed E-state index contributed by atoms with van der Waals surface area (Å²) in [7, 11) is -7.25. The zero-order valence-electron chi connectivity index (χ0n) is 19.5. The Bertz CT molecular complexity index is 1220. The molecule has 0 bridgehead atoms. The second kappa shape index (κ2) is 11.3. The molecule has 0 spiro atoms. The molecule has 0 aliphatic carbocycles. The third-order valence-electron chi connectivity index (χ3n) is 5.73. The number of carbonyl (C=O) groups excluding carboxylic acids is 2. The summed E-state index contributed by atoms with van der Waals surface area (Å²) in [5.41, 5.74) is -1.24. The second-order valence-electron chi connectivity index (χ2n) is 8.02. The molecule has 2 N–H and O–H groups in total. The second-order valence-corrected chi connectivity index (χ2v) is 13.3. The highest BCUT2D eigenvalue weighted by Crippen LogP contribution is 2.45. The Labute approximate surface area is 210 Å². The Morgan fingerprint density at radius 3 is 0.889 bits per heavy atom. The van der Waals surface area contributed by atoms with Crippen molar-refractivity contribution in [2.24, 2.45) is 0 Å². The number of hydrogen-bond donors (Lipinski definition) is 2. The minimum atomic E-state index is -3.62. The van der Waals surface area contributed by atoms with Crippen molar-refractivity contribution in [1.82, 2.24) is 10.6 Å². The van der Waals surface area contributed by atoms with Crippen molar-refractivity contribution in [3.05, 3.63) is 121 Å². The molecule has 0 radical (unpaired) electrons. The molecule has 0 aliphatic rings. The lowest BCUT2D eigenvalue weighted by atomic mass is 10.4. The van der Waals surface area contributed by atoms with Gasteiger partial charge in [0.25, 0.3) is 11.3 Å². The lowest BCUT2D eigenvalue weighted by Gasteiger charge is -2.20. The quantitative estimate of drug-likeness (QED) is 0.254.